The van der Waals surface area contributed by atoms with Gasteiger partial charge in [-0.05, 0) is 19.1 Å². The zero-order valence-corrected chi connectivity index (χ0v) is 8.73. The van der Waals surface area contributed by atoms with E-state index in [2.05, 4.69) is 15.5 Å². The van der Waals surface area contributed by atoms with Crippen molar-refractivity contribution in [3.8, 4) is 0 Å². The molecule has 0 aliphatic rings. The highest BCUT2D eigenvalue weighted by Gasteiger charge is 2.09. The minimum absolute atomic E-state index is 0.132. The fraction of sp³-hybridized carbons (Fsp3) is 0.400. The standard InChI is InChI=1S/C10H13N3O2/c1-7(9-4-3-5-14-9)11-6-10-13-12-8(2)15-10/h3-5,7,11H,6H2,1-2H3/t7-/m1/s1. The van der Waals surface area contributed by atoms with Gasteiger partial charge in [0.2, 0.25) is 11.8 Å². The normalized spacial score (nSPS) is 12.9. The monoisotopic (exact) mass is 207 g/mol. The van der Waals surface area contributed by atoms with Crippen molar-refractivity contribution in [2.24, 2.45) is 0 Å². The fourth-order valence-electron chi connectivity index (χ4n) is 1.29. The van der Waals surface area contributed by atoms with Crippen LogP contribution in [0.3, 0.4) is 0 Å². The second-order valence-electron chi connectivity index (χ2n) is 3.33. The summed E-state index contributed by atoms with van der Waals surface area (Å²) in [5.74, 6) is 2.06. The lowest BCUT2D eigenvalue weighted by Gasteiger charge is -2.08. The lowest BCUT2D eigenvalue weighted by atomic mass is 10.2. The number of nitrogens with zero attached hydrogens (tertiary/aromatic N) is 2. The zero-order chi connectivity index (χ0) is 10.7. The summed E-state index contributed by atoms with van der Waals surface area (Å²) in [6.07, 6.45) is 1.66. The molecule has 5 heteroatoms. The molecular weight excluding hydrogens is 194 g/mol. The summed E-state index contributed by atoms with van der Waals surface area (Å²) < 4.78 is 10.5. The zero-order valence-electron chi connectivity index (χ0n) is 8.73. The first-order valence-electron chi connectivity index (χ1n) is 4.81. The Morgan fingerprint density at radius 2 is 2.33 bits per heavy atom. The van der Waals surface area contributed by atoms with E-state index in [9.17, 15) is 0 Å². The van der Waals surface area contributed by atoms with Crippen molar-refractivity contribution >= 4 is 0 Å². The Hall–Kier alpha value is -1.62. The molecule has 2 rings (SSSR count). The van der Waals surface area contributed by atoms with Crippen molar-refractivity contribution in [3.05, 3.63) is 35.9 Å². The largest absolute Gasteiger partial charge is 0.468 e. The topological polar surface area (TPSA) is 64.1 Å². The van der Waals surface area contributed by atoms with E-state index in [0.717, 1.165) is 5.76 Å². The molecule has 0 radical (unpaired) electrons. The van der Waals surface area contributed by atoms with Crippen molar-refractivity contribution in [2.75, 3.05) is 0 Å². The maximum Gasteiger partial charge on any atom is 0.230 e. The number of nitrogens with one attached hydrogen (secondary N) is 1. The Morgan fingerprint density at radius 3 is 2.93 bits per heavy atom. The van der Waals surface area contributed by atoms with Crippen molar-refractivity contribution in [2.45, 2.75) is 26.4 Å². The second kappa shape index (κ2) is 4.27. The van der Waals surface area contributed by atoms with Crippen LogP contribution in [0, 0.1) is 6.92 Å². The Kier molecular flexibility index (Phi) is 2.82. The maximum atomic E-state index is 5.26. The SMILES string of the molecule is Cc1nnc(CN[C@H](C)c2ccco2)o1. The lowest BCUT2D eigenvalue weighted by Crippen LogP contribution is -2.17. The van der Waals surface area contributed by atoms with Crippen LogP contribution < -0.4 is 5.32 Å². The first-order chi connectivity index (χ1) is 7.25. The highest BCUT2D eigenvalue weighted by Crippen LogP contribution is 2.12. The molecule has 15 heavy (non-hydrogen) atoms. The summed E-state index contributed by atoms with van der Waals surface area (Å²) in [6.45, 7) is 4.33. The number of furan rings is 1. The average molecular weight is 207 g/mol. The van der Waals surface area contributed by atoms with Crippen LogP contribution >= 0.6 is 0 Å². The summed E-state index contributed by atoms with van der Waals surface area (Å²) in [7, 11) is 0. The number of rotatable bonds is 4. The van der Waals surface area contributed by atoms with E-state index >= 15 is 0 Å². The average Bonchev–Trinajstić information content (AvgIpc) is 2.84. The molecule has 0 saturated carbocycles. The molecule has 0 spiro atoms. The van der Waals surface area contributed by atoms with Gasteiger partial charge in [-0.3, -0.25) is 5.32 Å². The third kappa shape index (κ3) is 2.44. The van der Waals surface area contributed by atoms with Gasteiger partial charge in [0.1, 0.15) is 5.76 Å². The molecule has 0 fully saturated rings. The van der Waals surface area contributed by atoms with Gasteiger partial charge < -0.3 is 8.83 Å². The van der Waals surface area contributed by atoms with Crippen LogP contribution in [-0.4, -0.2) is 10.2 Å². The van der Waals surface area contributed by atoms with Gasteiger partial charge in [0.15, 0.2) is 0 Å². The van der Waals surface area contributed by atoms with Gasteiger partial charge in [-0.1, -0.05) is 0 Å². The van der Waals surface area contributed by atoms with Gasteiger partial charge in [-0.25, -0.2) is 0 Å². The van der Waals surface area contributed by atoms with E-state index in [1.165, 1.54) is 0 Å². The number of aromatic nitrogens is 2. The van der Waals surface area contributed by atoms with Gasteiger partial charge in [0.05, 0.1) is 18.8 Å². The van der Waals surface area contributed by atoms with Gasteiger partial charge in [-0.2, -0.15) is 0 Å². The molecule has 2 aromatic heterocycles. The second-order valence-corrected chi connectivity index (χ2v) is 3.33. The molecule has 1 N–H and O–H groups in total. The Bertz CT molecular complexity index is 408. The van der Waals surface area contributed by atoms with Crippen LogP contribution in [0.5, 0.6) is 0 Å². The van der Waals surface area contributed by atoms with Gasteiger partial charge in [0.25, 0.3) is 0 Å². The minimum atomic E-state index is 0.132. The van der Waals surface area contributed by atoms with E-state index in [0.29, 0.717) is 18.3 Å². The fourth-order valence-corrected chi connectivity index (χ4v) is 1.29. The molecule has 2 aromatic rings. The van der Waals surface area contributed by atoms with E-state index in [-0.39, 0.29) is 6.04 Å². The van der Waals surface area contributed by atoms with Crippen molar-refractivity contribution < 1.29 is 8.83 Å². The van der Waals surface area contributed by atoms with Crippen LogP contribution in [0.1, 0.15) is 30.5 Å². The van der Waals surface area contributed by atoms with E-state index in [1.54, 1.807) is 13.2 Å². The third-order valence-corrected chi connectivity index (χ3v) is 2.10. The molecule has 0 saturated heterocycles. The highest BCUT2D eigenvalue weighted by atomic mass is 16.4. The van der Waals surface area contributed by atoms with E-state index < -0.39 is 0 Å². The summed E-state index contributed by atoms with van der Waals surface area (Å²) in [5, 5.41) is 10.9. The molecule has 2 heterocycles. The predicted molar refractivity (Wildman–Crippen MR) is 53.0 cm³/mol. The first-order valence-corrected chi connectivity index (χ1v) is 4.81. The summed E-state index contributed by atoms with van der Waals surface area (Å²) >= 11 is 0. The highest BCUT2D eigenvalue weighted by molar-refractivity contribution is 5.03. The minimum Gasteiger partial charge on any atom is -0.468 e. The van der Waals surface area contributed by atoms with Crippen LogP contribution in [-0.2, 0) is 6.54 Å². The molecule has 0 bridgehead atoms. The van der Waals surface area contributed by atoms with Gasteiger partial charge in [0, 0.05) is 6.92 Å². The van der Waals surface area contributed by atoms with E-state index in [4.69, 9.17) is 8.83 Å². The van der Waals surface area contributed by atoms with Crippen molar-refractivity contribution in [3.63, 3.8) is 0 Å². The Morgan fingerprint density at radius 1 is 1.47 bits per heavy atom. The number of hydrogen-bond acceptors (Lipinski definition) is 5. The number of hydrogen-bond donors (Lipinski definition) is 1. The van der Waals surface area contributed by atoms with Crippen LogP contribution in [0.15, 0.2) is 27.2 Å². The first kappa shape index (κ1) is 9.92. The third-order valence-electron chi connectivity index (χ3n) is 2.10. The molecule has 0 amide bonds. The molecule has 1 atom stereocenters. The van der Waals surface area contributed by atoms with Crippen molar-refractivity contribution in [1.29, 1.82) is 0 Å². The van der Waals surface area contributed by atoms with E-state index in [1.807, 2.05) is 19.1 Å². The molecule has 0 aliphatic heterocycles. The molecule has 0 aliphatic carbocycles. The number of aryl methyl sites for hydroxylation is 1. The van der Waals surface area contributed by atoms with Crippen LogP contribution in [0.25, 0.3) is 0 Å². The van der Waals surface area contributed by atoms with Crippen LogP contribution in [0.4, 0.5) is 0 Å². The molecule has 0 unspecified atom stereocenters. The molecule has 5 nitrogen and oxygen atoms in total. The van der Waals surface area contributed by atoms with Gasteiger partial charge >= 0.3 is 0 Å². The molecule has 80 valence electrons. The lowest BCUT2D eigenvalue weighted by molar-refractivity contribution is 0.395. The van der Waals surface area contributed by atoms with Gasteiger partial charge in [-0.15, -0.1) is 10.2 Å². The Balaban J connectivity index is 1.88. The summed E-state index contributed by atoms with van der Waals surface area (Å²) in [4.78, 5) is 0. The maximum absolute atomic E-state index is 5.26. The quantitative estimate of drug-likeness (QED) is 0.828. The Labute approximate surface area is 87.5 Å². The van der Waals surface area contributed by atoms with Crippen molar-refractivity contribution in [1.82, 2.24) is 15.5 Å². The summed E-state index contributed by atoms with van der Waals surface area (Å²) in [6, 6.07) is 3.92. The molecule has 0 aromatic carbocycles. The van der Waals surface area contributed by atoms with Crippen LogP contribution in [0.2, 0.25) is 0 Å². The summed E-state index contributed by atoms with van der Waals surface area (Å²) in [5.41, 5.74) is 0. The molecular formula is C10H13N3O2. The smallest absolute Gasteiger partial charge is 0.230 e. The predicted octanol–water partition coefficient (Wildman–Crippen LogP) is 1.82.